The number of aliphatic carboxylic acids is 2. The highest BCUT2D eigenvalue weighted by molar-refractivity contribution is 5.93. The van der Waals surface area contributed by atoms with Crippen LogP contribution in [0.25, 0.3) is 0 Å². The number of benzene rings is 1. The van der Waals surface area contributed by atoms with Crippen LogP contribution >= 0.6 is 0 Å². The Hall–Kier alpha value is -3.51. The van der Waals surface area contributed by atoms with E-state index in [0.29, 0.717) is 24.9 Å². The highest BCUT2D eigenvalue weighted by Crippen LogP contribution is 2.05. The minimum atomic E-state index is -1.67. The molecular weight excluding hydrogens is 434 g/mol. The number of hydrogen-bond acceptors (Lipinski definition) is 7. The Kier molecular flexibility index (Phi) is 12.1. The monoisotopic (exact) mass is 465 g/mol. The first kappa shape index (κ1) is 27.5. The topological polar surface area (TPSA) is 214 Å². The van der Waals surface area contributed by atoms with Crippen molar-refractivity contribution in [2.75, 3.05) is 13.1 Å². The number of nitrogens with two attached hydrogens (primary N) is 2. The van der Waals surface area contributed by atoms with Gasteiger partial charge in [-0.05, 0) is 24.9 Å². The molecule has 0 aliphatic carbocycles. The summed E-state index contributed by atoms with van der Waals surface area (Å²) in [5.41, 5.74) is 11.8. The maximum atomic E-state index is 12.7. The van der Waals surface area contributed by atoms with Crippen molar-refractivity contribution < 1.29 is 34.2 Å². The second-order valence-electron chi connectivity index (χ2n) is 7.42. The molecule has 0 aromatic heterocycles. The number of nitrogens with one attached hydrogen (secondary N) is 3. The lowest BCUT2D eigenvalue weighted by Crippen LogP contribution is -2.54. The normalized spacial score (nSPS) is 13.3. The summed E-state index contributed by atoms with van der Waals surface area (Å²) in [5, 5.41) is 25.0. The number of carbonyl (C=O) groups is 5. The molecule has 0 heterocycles. The van der Waals surface area contributed by atoms with Crippen molar-refractivity contribution in [3.8, 4) is 0 Å². The summed E-state index contributed by atoms with van der Waals surface area (Å²) in [6.07, 6.45) is 0.980. The third kappa shape index (κ3) is 11.1. The minimum Gasteiger partial charge on any atom is -0.481 e. The van der Waals surface area contributed by atoms with Crippen LogP contribution in [0.15, 0.2) is 30.3 Å². The Labute approximate surface area is 191 Å². The Morgan fingerprint density at radius 1 is 0.909 bits per heavy atom. The molecule has 3 atom stereocenters. The van der Waals surface area contributed by atoms with Gasteiger partial charge < -0.3 is 37.6 Å². The predicted octanol–water partition coefficient (Wildman–Crippen LogP) is -1.67. The molecule has 0 saturated carbocycles. The van der Waals surface area contributed by atoms with Crippen molar-refractivity contribution in [2.24, 2.45) is 11.5 Å². The van der Waals surface area contributed by atoms with E-state index < -0.39 is 60.8 Å². The van der Waals surface area contributed by atoms with Crippen molar-refractivity contribution in [3.05, 3.63) is 35.9 Å². The van der Waals surface area contributed by atoms with Crippen LogP contribution in [0.5, 0.6) is 0 Å². The molecule has 3 amide bonds. The Bertz CT molecular complexity index is 818. The van der Waals surface area contributed by atoms with Crippen LogP contribution in [0.1, 0.15) is 31.2 Å². The van der Waals surface area contributed by atoms with E-state index in [4.69, 9.17) is 21.7 Å². The number of rotatable bonds is 15. The maximum Gasteiger partial charge on any atom is 0.326 e. The Morgan fingerprint density at radius 3 is 2.15 bits per heavy atom. The smallest absolute Gasteiger partial charge is 0.326 e. The lowest BCUT2D eigenvalue weighted by molar-refractivity contribution is -0.147. The van der Waals surface area contributed by atoms with Crippen molar-refractivity contribution in [1.29, 1.82) is 0 Å². The molecule has 0 spiro atoms. The van der Waals surface area contributed by atoms with Gasteiger partial charge in [0.05, 0.1) is 19.0 Å². The molecule has 12 heteroatoms. The van der Waals surface area contributed by atoms with Crippen molar-refractivity contribution in [1.82, 2.24) is 16.0 Å². The fourth-order valence-electron chi connectivity index (χ4n) is 2.89. The zero-order valence-corrected chi connectivity index (χ0v) is 18.2. The number of amides is 3. The first-order valence-electron chi connectivity index (χ1n) is 10.5. The number of hydrogen-bond donors (Lipinski definition) is 7. The second kappa shape index (κ2) is 14.5. The summed E-state index contributed by atoms with van der Waals surface area (Å²) in [5.74, 6) is -5.02. The molecule has 0 unspecified atom stereocenters. The van der Waals surface area contributed by atoms with E-state index in [2.05, 4.69) is 16.0 Å². The first-order valence-corrected chi connectivity index (χ1v) is 10.5. The van der Waals surface area contributed by atoms with Crippen LogP contribution in [-0.4, -0.2) is 71.1 Å². The standard InChI is InChI=1S/C21H31N5O7/c22-9-5-4-8-14(23)19(30)24-12-17(27)25-15(10-13-6-2-1-3-7-13)20(31)26-16(21(32)33)11-18(28)29/h1-3,6-7,14-16H,4-5,8-12,22-23H2,(H,24,30)(H,25,27)(H,26,31)(H,28,29)(H,32,33)/t14-,15-,16+/m1/s1. The molecule has 0 fully saturated rings. The molecule has 12 nitrogen and oxygen atoms in total. The molecule has 1 aromatic rings. The Balaban J connectivity index is 2.78. The van der Waals surface area contributed by atoms with Crippen LogP contribution < -0.4 is 27.4 Å². The highest BCUT2D eigenvalue weighted by atomic mass is 16.4. The summed E-state index contributed by atoms with van der Waals surface area (Å²) in [6, 6.07) is 4.95. The maximum absolute atomic E-state index is 12.7. The average Bonchev–Trinajstić information content (AvgIpc) is 2.76. The predicted molar refractivity (Wildman–Crippen MR) is 118 cm³/mol. The molecule has 1 rings (SSSR count). The summed E-state index contributed by atoms with van der Waals surface area (Å²) in [4.78, 5) is 59.2. The first-order chi connectivity index (χ1) is 15.6. The van der Waals surface area contributed by atoms with Gasteiger partial charge in [-0.2, -0.15) is 0 Å². The molecule has 0 bridgehead atoms. The van der Waals surface area contributed by atoms with Crippen molar-refractivity contribution >= 4 is 29.7 Å². The van der Waals surface area contributed by atoms with Gasteiger partial charge in [0.25, 0.3) is 0 Å². The third-order valence-electron chi connectivity index (χ3n) is 4.66. The van der Waals surface area contributed by atoms with Gasteiger partial charge in [-0.3, -0.25) is 19.2 Å². The van der Waals surface area contributed by atoms with Crippen LogP contribution in [0.4, 0.5) is 0 Å². The molecule has 0 saturated heterocycles. The van der Waals surface area contributed by atoms with E-state index in [0.717, 1.165) is 6.42 Å². The highest BCUT2D eigenvalue weighted by Gasteiger charge is 2.28. The van der Waals surface area contributed by atoms with Gasteiger partial charge in [-0.15, -0.1) is 0 Å². The summed E-state index contributed by atoms with van der Waals surface area (Å²) >= 11 is 0. The number of carbonyl (C=O) groups excluding carboxylic acids is 3. The third-order valence-corrected chi connectivity index (χ3v) is 4.66. The Morgan fingerprint density at radius 2 is 1.58 bits per heavy atom. The van der Waals surface area contributed by atoms with Crippen LogP contribution in [0.2, 0.25) is 0 Å². The lowest BCUT2D eigenvalue weighted by atomic mass is 10.0. The SMILES string of the molecule is NCCCC[C@@H](N)C(=O)NCC(=O)N[C@H](Cc1ccccc1)C(=O)N[C@@H](CC(=O)O)C(=O)O. The molecule has 182 valence electrons. The molecule has 0 aliphatic rings. The summed E-state index contributed by atoms with van der Waals surface area (Å²) in [7, 11) is 0. The molecule has 33 heavy (non-hydrogen) atoms. The molecule has 0 aliphatic heterocycles. The van der Waals surface area contributed by atoms with Gasteiger partial charge in [0.15, 0.2) is 0 Å². The molecule has 9 N–H and O–H groups in total. The number of unbranched alkanes of at least 4 members (excludes halogenated alkanes) is 1. The van der Waals surface area contributed by atoms with E-state index in [-0.39, 0.29) is 6.42 Å². The lowest BCUT2D eigenvalue weighted by Gasteiger charge is -2.21. The zero-order chi connectivity index (χ0) is 24.8. The quantitative estimate of drug-likeness (QED) is 0.147. The fraction of sp³-hybridized carbons (Fsp3) is 0.476. The number of carboxylic acid groups (broad SMARTS) is 2. The van der Waals surface area contributed by atoms with Crippen LogP contribution in [-0.2, 0) is 30.4 Å². The van der Waals surface area contributed by atoms with Gasteiger partial charge >= 0.3 is 11.9 Å². The fourth-order valence-corrected chi connectivity index (χ4v) is 2.89. The summed E-state index contributed by atoms with van der Waals surface area (Å²) < 4.78 is 0. The summed E-state index contributed by atoms with van der Waals surface area (Å²) in [6.45, 7) is 0.0380. The van der Waals surface area contributed by atoms with Gasteiger partial charge in [-0.25, -0.2) is 4.79 Å². The van der Waals surface area contributed by atoms with Gasteiger partial charge in [0, 0.05) is 6.42 Å². The van der Waals surface area contributed by atoms with E-state index in [1.54, 1.807) is 30.3 Å². The van der Waals surface area contributed by atoms with E-state index in [9.17, 15) is 24.0 Å². The molecule has 0 radical (unpaired) electrons. The molecular formula is C21H31N5O7. The van der Waals surface area contributed by atoms with E-state index in [1.807, 2.05) is 0 Å². The number of carboxylic acids is 2. The second-order valence-corrected chi connectivity index (χ2v) is 7.42. The average molecular weight is 466 g/mol. The van der Waals surface area contributed by atoms with E-state index in [1.165, 1.54) is 0 Å². The van der Waals surface area contributed by atoms with Crippen LogP contribution in [0.3, 0.4) is 0 Å². The van der Waals surface area contributed by atoms with Gasteiger partial charge in [0.1, 0.15) is 12.1 Å². The van der Waals surface area contributed by atoms with Crippen molar-refractivity contribution in [2.45, 2.75) is 50.2 Å². The minimum absolute atomic E-state index is 0.0182. The largest absolute Gasteiger partial charge is 0.481 e. The van der Waals surface area contributed by atoms with Crippen molar-refractivity contribution in [3.63, 3.8) is 0 Å². The zero-order valence-electron chi connectivity index (χ0n) is 18.2. The van der Waals surface area contributed by atoms with Gasteiger partial charge in [0.2, 0.25) is 17.7 Å². The van der Waals surface area contributed by atoms with Gasteiger partial charge in [-0.1, -0.05) is 36.8 Å². The van der Waals surface area contributed by atoms with E-state index >= 15 is 0 Å². The molecule has 1 aromatic carbocycles. The van der Waals surface area contributed by atoms with Crippen LogP contribution in [0, 0.1) is 0 Å².